The van der Waals surface area contributed by atoms with Gasteiger partial charge in [0.1, 0.15) is 22.2 Å². The van der Waals surface area contributed by atoms with Crippen molar-refractivity contribution in [3.8, 4) is 27.8 Å². The molecule has 6 heteroatoms. The molecule has 0 aliphatic rings. The van der Waals surface area contributed by atoms with E-state index < -0.39 is 0 Å². The van der Waals surface area contributed by atoms with Crippen molar-refractivity contribution in [2.45, 2.75) is 13.5 Å². The van der Waals surface area contributed by atoms with Crippen molar-refractivity contribution in [3.05, 3.63) is 59.7 Å². The minimum absolute atomic E-state index is 0.0854. The van der Waals surface area contributed by atoms with E-state index in [-0.39, 0.29) is 5.91 Å². The lowest BCUT2D eigenvalue weighted by molar-refractivity contribution is -0.119. The van der Waals surface area contributed by atoms with Crippen LogP contribution in [0.5, 0.6) is 5.75 Å². The van der Waals surface area contributed by atoms with E-state index in [4.69, 9.17) is 14.1 Å². The smallest absolute Gasteiger partial charge is 0.217 e. The summed E-state index contributed by atoms with van der Waals surface area (Å²) in [6.45, 7) is 1.86. The first-order valence-electron chi connectivity index (χ1n) is 8.49. The summed E-state index contributed by atoms with van der Waals surface area (Å²) in [6, 6.07) is 16.0. The Morgan fingerprint density at radius 2 is 1.96 bits per heavy atom. The Morgan fingerprint density at radius 3 is 2.78 bits per heavy atom. The largest absolute Gasteiger partial charge is 0.497 e. The molecular formula is C21H18N2O3S. The van der Waals surface area contributed by atoms with Gasteiger partial charge in [-0.05, 0) is 41.1 Å². The highest BCUT2D eigenvalue weighted by Crippen LogP contribution is 2.32. The first-order valence-corrected chi connectivity index (χ1v) is 9.37. The number of rotatable bonds is 5. The van der Waals surface area contributed by atoms with E-state index in [0.717, 1.165) is 32.8 Å². The van der Waals surface area contributed by atoms with Crippen LogP contribution >= 0.6 is 11.3 Å². The fourth-order valence-electron chi connectivity index (χ4n) is 2.83. The van der Waals surface area contributed by atoms with Crippen LogP contribution in [-0.4, -0.2) is 18.0 Å². The van der Waals surface area contributed by atoms with Crippen LogP contribution in [0.1, 0.15) is 12.7 Å². The third-order valence-corrected chi connectivity index (χ3v) is 5.12. The molecule has 0 unspecified atom stereocenters. The van der Waals surface area contributed by atoms with Crippen LogP contribution in [-0.2, 0) is 11.3 Å². The summed E-state index contributed by atoms with van der Waals surface area (Å²) in [4.78, 5) is 15.7. The minimum Gasteiger partial charge on any atom is -0.497 e. The van der Waals surface area contributed by atoms with Crippen molar-refractivity contribution in [1.82, 2.24) is 10.3 Å². The minimum atomic E-state index is -0.0854. The fraction of sp³-hybridized carbons (Fsp3) is 0.143. The second-order valence-corrected chi connectivity index (χ2v) is 7.00. The van der Waals surface area contributed by atoms with Crippen LogP contribution in [0.15, 0.2) is 58.3 Å². The molecule has 1 N–H and O–H groups in total. The van der Waals surface area contributed by atoms with Crippen LogP contribution in [0.3, 0.4) is 0 Å². The van der Waals surface area contributed by atoms with E-state index in [0.29, 0.717) is 18.1 Å². The summed E-state index contributed by atoms with van der Waals surface area (Å²) in [5.74, 6) is 2.16. The summed E-state index contributed by atoms with van der Waals surface area (Å²) < 4.78 is 11.1. The van der Waals surface area contributed by atoms with Gasteiger partial charge in [0.25, 0.3) is 0 Å². The Hall–Kier alpha value is -3.12. The molecule has 136 valence electrons. The Kier molecular flexibility index (Phi) is 4.64. The number of methoxy groups -OCH3 is 1. The van der Waals surface area contributed by atoms with Gasteiger partial charge in [-0.3, -0.25) is 4.79 Å². The summed E-state index contributed by atoms with van der Waals surface area (Å²) >= 11 is 1.58. The number of amides is 1. The lowest BCUT2D eigenvalue weighted by Crippen LogP contribution is -2.18. The van der Waals surface area contributed by atoms with E-state index in [9.17, 15) is 4.79 Å². The van der Waals surface area contributed by atoms with Gasteiger partial charge in [-0.25, -0.2) is 4.98 Å². The summed E-state index contributed by atoms with van der Waals surface area (Å²) in [7, 11) is 1.67. The molecule has 0 aliphatic carbocycles. The van der Waals surface area contributed by atoms with Gasteiger partial charge < -0.3 is 14.5 Å². The number of carbonyl (C=O) groups excluding carboxylic acids is 1. The van der Waals surface area contributed by atoms with Crippen LogP contribution in [0, 0.1) is 0 Å². The average molecular weight is 378 g/mol. The molecule has 0 saturated heterocycles. The van der Waals surface area contributed by atoms with Crippen molar-refractivity contribution < 1.29 is 13.9 Å². The highest BCUT2D eigenvalue weighted by atomic mass is 32.1. The van der Waals surface area contributed by atoms with Gasteiger partial charge in [0.05, 0.1) is 13.7 Å². The summed E-state index contributed by atoms with van der Waals surface area (Å²) in [5, 5.41) is 7.90. The van der Waals surface area contributed by atoms with Crippen molar-refractivity contribution in [1.29, 1.82) is 0 Å². The van der Waals surface area contributed by atoms with E-state index >= 15 is 0 Å². The number of hydrogen-bond acceptors (Lipinski definition) is 5. The molecular weight excluding hydrogens is 360 g/mol. The molecule has 1 amide bonds. The molecule has 0 saturated carbocycles. The average Bonchev–Trinajstić information content (AvgIpc) is 3.35. The monoisotopic (exact) mass is 378 g/mol. The number of fused-ring (bicyclic) bond motifs is 1. The predicted molar refractivity (Wildman–Crippen MR) is 107 cm³/mol. The van der Waals surface area contributed by atoms with Crippen molar-refractivity contribution >= 4 is 28.0 Å². The van der Waals surface area contributed by atoms with Crippen LogP contribution in [0.25, 0.3) is 32.8 Å². The third-order valence-electron chi connectivity index (χ3n) is 4.22. The van der Waals surface area contributed by atoms with Crippen molar-refractivity contribution in [2.75, 3.05) is 7.11 Å². The number of hydrogen-bond donors (Lipinski definition) is 1. The lowest BCUT2D eigenvalue weighted by atomic mass is 10.1. The number of nitrogens with zero attached hydrogens (tertiary/aromatic N) is 1. The maximum atomic E-state index is 11.0. The molecule has 0 aliphatic heterocycles. The van der Waals surface area contributed by atoms with Gasteiger partial charge in [-0.2, -0.15) is 0 Å². The van der Waals surface area contributed by atoms with Gasteiger partial charge >= 0.3 is 0 Å². The Labute approximate surface area is 160 Å². The molecule has 27 heavy (non-hydrogen) atoms. The molecule has 0 bridgehead atoms. The highest BCUT2D eigenvalue weighted by Gasteiger charge is 2.11. The fourth-order valence-corrected chi connectivity index (χ4v) is 3.63. The van der Waals surface area contributed by atoms with Crippen LogP contribution in [0.4, 0.5) is 0 Å². The van der Waals surface area contributed by atoms with Gasteiger partial charge in [-0.15, -0.1) is 11.3 Å². The molecule has 0 spiro atoms. The second kappa shape index (κ2) is 7.25. The standard InChI is InChI=1S/C21H18N2O3S/c1-13(24)22-11-18-7-8-20(26-18)19-12-27-21(23-19)16-4-3-15-10-17(25-2)6-5-14(15)9-16/h3-10,12H,11H2,1-2H3,(H,22,24). The Bertz CT molecular complexity index is 1110. The first-order chi connectivity index (χ1) is 13.1. The SMILES string of the molecule is COc1ccc2cc(-c3nc(-c4ccc(CNC(C)=O)o4)cs3)ccc2c1. The Balaban J connectivity index is 1.59. The first kappa shape index (κ1) is 17.3. The van der Waals surface area contributed by atoms with Gasteiger partial charge in [0.2, 0.25) is 5.91 Å². The maximum absolute atomic E-state index is 11.0. The van der Waals surface area contributed by atoms with E-state index in [1.807, 2.05) is 35.7 Å². The van der Waals surface area contributed by atoms with Crippen LogP contribution < -0.4 is 10.1 Å². The van der Waals surface area contributed by atoms with E-state index in [1.165, 1.54) is 6.92 Å². The molecule has 4 aromatic rings. The quantitative estimate of drug-likeness (QED) is 0.538. The molecule has 2 aromatic carbocycles. The molecule has 4 rings (SSSR count). The number of carbonyl (C=O) groups is 1. The molecule has 2 aromatic heterocycles. The zero-order valence-electron chi connectivity index (χ0n) is 15.0. The van der Waals surface area contributed by atoms with E-state index in [1.54, 1.807) is 18.4 Å². The van der Waals surface area contributed by atoms with Crippen molar-refractivity contribution in [3.63, 3.8) is 0 Å². The predicted octanol–water partition coefficient (Wildman–Crippen LogP) is 4.87. The number of furan rings is 1. The topological polar surface area (TPSA) is 64.4 Å². The Morgan fingerprint density at radius 1 is 1.15 bits per heavy atom. The summed E-state index contributed by atoms with van der Waals surface area (Å²) in [5.41, 5.74) is 1.85. The number of ether oxygens (including phenoxy) is 1. The molecule has 0 radical (unpaired) electrons. The van der Waals surface area contributed by atoms with Crippen molar-refractivity contribution in [2.24, 2.45) is 0 Å². The van der Waals surface area contributed by atoms with Crippen LogP contribution in [0.2, 0.25) is 0 Å². The van der Waals surface area contributed by atoms with Gasteiger partial charge in [-0.1, -0.05) is 18.2 Å². The number of benzene rings is 2. The summed E-state index contributed by atoms with van der Waals surface area (Å²) in [6.07, 6.45) is 0. The van der Waals surface area contributed by atoms with Gasteiger partial charge in [0.15, 0.2) is 5.76 Å². The zero-order valence-corrected chi connectivity index (χ0v) is 15.8. The third kappa shape index (κ3) is 3.71. The molecule has 5 nitrogen and oxygen atoms in total. The number of nitrogens with one attached hydrogen (secondary N) is 1. The van der Waals surface area contributed by atoms with E-state index in [2.05, 4.69) is 23.5 Å². The molecule has 0 fully saturated rings. The van der Waals surface area contributed by atoms with Gasteiger partial charge in [0, 0.05) is 17.9 Å². The number of aromatic nitrogens is 1. The highest BCUT2D eigenvalue weighted by molar-refractivity contribution is 7.13. The molecule has 2 heterocycles. The number of thiazole rings is 1. The maximum Gasteiger partial charge on any atom is 0.217 e. The second-order valence-electron chi connectivity index (χ2n) is 6.14. The normalized spacial score (nSPS) is 10.9. The zero-order chi connectivity index (χ0) is 18.8. The molecule has 0 atom stereocenters. The lowest BCUT2D eigenvalue weighted by Gasteiger charge is -2.04.